The van der Waals surface area contributed by atoms with Gasteiger partial charge in [-0.05, 0) is 43.0 Å². The molecule has 0 aliphatic carbocycles. The van der Waals surface area contributed by atoms with Crippen molar-refractivity contribution in [2.24, 2.45) is 5.73 Å². The van der Waals surface area contributed by atoms with E-state index < -0.39 is 6.09 Å². The Morgan fingerprint density at radius 2 is 1.93 bits per heavy atom. The van der Waals surface area contributed by atoms with E-state index >= 15 is 0 Å². The molecule has 0 aliphatic rings. The summed E-state index contributed by atoms with van der Waals surface area (Å²) >= 11 is 0. The summed E-state index contributed by atoms with van der Waals surface area (Å²) in [6.07, 6.45) is -0.734. The zero-order chi connectivity index (χ0) is 10.7. The number of carbonyl (C=O) groups excluding carboxylic acids is 1. The van der Waals surface area contributed by atoms with Crippen molar-refractivity contribution in [1.29, 1.82) is 0 Å². The van der Waals surface area contributed by atoms with Crippen LogP contribution in [-0.2, 0) is 11.3 Å². The quantitative estimate of drug-likeness (QED) is 0.782. The molecule has 0 atom stereocenters. The van der Waals surface area contributed by atoms with Gasteiger partial charge in [-0.3, -0.25) is 0 Å². The highest BCUT2D eigenvalue weighted by atomic mass is 16.5. The molecule has 2 N–H and O–H groups in total. The minimum Gasteiger partial charge on any atom is -0.445 e. The van der Waals surface area contributed by atoms with Gasteiger partial charge in [0.2, 0.25) is 0 Å². The van der Waals surface area contributed by atoms with Crippen LogP contribution in [0.5, 0.6) is 0 Å². The molecule has 0 aliphatic heterocycles. The molecule has 0 aromatic heterocycles. The summed E-state index contributed by atoms with van der Waals surface area (Å²) in [7, 11) is 0. The minimum atomic E-state index is -0.734. The van der Waals surface area contributed by atoms with Gasteiger partial charge in [0.1, 0.15) is 6.61 Å². The van der Waals surface area contributed by atoms with Crippen molar-refractivity contribution in [3.05, 3.63) is 34.4 Å². The van der Waals surface area contributed by atoms with E-state index in [2.05, 4.69) is 13.8 Å². The molecule has 0 spiro atoms. The van der Waals surface area contributed by atoms with Crippen molar-refractivity contribution in [2.45, 2.75) is 27.4 Å². The Morgan fingerprint density at radius 3 is 2.50 bits per heavy atom. The third-order valence-electron chi connectivity index (χ3n) is 2.54. The van der Waals surface area contributed by atoms with Crippen LogP contribution in [0.3, 0.4) is 0 Å². The monoisotopic (exact) mass is 193 g/mol. The number of rotatable bonds is 2. The van der Waals surface area contributed by atoms with Gasteiger partial charge in [0.25, 0.3) is 0 Å². The predicted molar refractivity (Wildman–Crippen MR) is 55.0 cm³/mol. The maximum atomic E-state index is 10.4. The first kappa shape index (κ1) is 10.6. The molecule has 0 unspecified atom stereocenters. The average Bonchev–Trinajstić information content (AvgIpc) is 2.13. The van der Waals surface area contributed by atoms with E-state index in [1.165, 1.54) is 11.1 Å². The number of hydrogen-bond acceptors (Lipinski definition) is 2. The molecule has 0 fully saturated rings. The van der Waals surface area contributed by atoms with Crippen molar-refractivity contribution >= 4 is 6.09 Å². The smallest absolute Gasteiger partial charge is 0.404 e. The number of ether oxygens (including phenoxy) is 1. The summed E-state index contributed by atoms with van der Waals surface area (Å²) in [5, 5.41) is 0. The van der Waals surface area contributed by atoms with Gasteiger partial charge in [0.05, 0.1) is 0 Å². The lowest BCUT2D eigenvalue weighted by atomic mass is 9.99. The van der Waals surface area contributed by atoms with Gasteiger partial charge in [0.15, 0.2) is 0 Å². The van der Waals surface area contributed by atoms with Gasteiger partial charge >= 0.3 is 6.09 Å². The molecule has 1 amide bonds. The SMILES string of the molecule is Cc1ccc(COC(N)=O)c(C)c1C. The summed E-state index contributed by atoms with van der Waals surface area (Å²) in [6.45, 7) is 6.38. The molecule has 3 nitrogen and oxygen atoms in total. The number of carbonyl (C=O) groups is 1. The highest BCUT2D eigenvalue weighted by molar-refractivity contribution is 5.64. The molecule has 3 heteroatoms. The van der Waals surface area contributed by atoms with Crippen LogP contribution < -0.4 is 5.73 Å². The molecule has 1 rings (SSSR count). The van der Waals surface area contributed by atoms with Crippen molar-refractivity contribution < 1.29 is 9.53 Å². The van der Waals surface area contributed by atoms with Crippen LogP contribution in [0, 0.1) is 20.8 Å². The van der Waals surface area contributed by atoms with Gasteiger partial charge in [-0.1, -0.05) is 12.1 Å². The number of nitrogens with two attached hydrogens (primary N) is 1. The third-order valence-corrected chi connectivity index (χ3v) is 2.54. The van der Waals surface area contributed by atoms with Crippen LogP contribution in [0.2, 0.25) is 0 Å². The number of hydrogen-bond donors (Lipinski definition) is 1. The van der Waals surface area contributed by atoms with Gasteiger partial charge in [0, 0.05) is 0 Å². The van der Waals surface area contributed by atoms with Crippen molar-refractivity contribution in [3.8, 4) is 0 Å². The van der Waals surface area contributed by atoms with Crippen molar-refractivity contribution in [2.75, 3.05) is 0 Å². The fourth-order valence-electron chi connectivity index (χ4n) is 1.32. The topological polar surface area (TPSA) is 52.3 Å². The number of amides is 1. The summed E-state index contributed by atoms with van der Waals surface area (Å²) in [6, 6.07) is 3.97. The van der Waals surface area contributed by atoms with Crippen LogP contribution in [-0.4, -0.2) is 6.09 Å². The lowest BCUT2D eigenvalue weighted by Gasteiger charge is -2.10. The molecule has 14 heavy (non-hydrogen) atoms. The molecule has 0 radical (unpaired) electrons. The predicted octanol–water partition coefficient (Wildman–Crippen LogP) is 2.21. The van der Waals surface area contributed by atoms with E-state index in [-0.39, 0.29) is 6.61 Å². The standard InChI is InChI=1S/C11H15NO2/c1-7-4-5-10(6-14-11(12)13)9(3)8(7)2/h4-5H,6H2,1-3H3,(H2,12,13). The lowest BCUT2D eigenvalue weighted by Crippen LogP contribution is -2.13. The molecule has 0 heterocycles. The number of primary amides is 1. The summed E-state index contributed by atoms with van der Waals surface area (Å²) in [4.78, 5) is 10.4. The van der Waals surface area contributed by atoms with E-state index in [1.807, 2.05) is 19.1 Å². The zero-order valence-electron chi connectivity index (χ0n) is 8.76. The third kappa shape index (κ3) is 2.25. The van der Waals surface area contributed by atoms with Crippen molar-refractivity contribution in [1.82, 2.24) is 0 Å². The van der Waals surface area contributed by atoms with Crippen LogP contribution in [0.1, 0.15) is 22.3 Å². The maximum absolute atomic E-state index is 10.4. The Morgan fingerprint density at radius 1 is 1.29 bits per heavy atom. The molecular weight excluding hydrogens is 178 g/mol. The molecular formula is C11H15NO2. The Kier molecular flexibility index (Phi) is 3.12. The number of benzene rings is 1. The maximum Gasteiger partial charge on any atom is 0.404 e. The zero-order valence-corrected chi connectivity index (χ0v) is 8.76. The number of aryl methyl sites for hydroxylation is 1. The van der Waals surface area contributed by atoms with E-state index in [1.54, 1.807) is 0 Å². The minimum absolute atomic E-state index is 0.252. The summed E-state index contributed by atoms with van der Waals surface area (Å²) < 4.78 is 4.74. The Labute approximate surface area is 83.9 Å². The summed E-state index contributed by atoms with van der Waals surface area (Å²) in [5.41, 5.74) is 9.54. The molecule has 0 saturated carbocycles. The summed E-state index contributed by atoms with van der Waals surface area (Å²) in [5.74, 6) is 0. The van der Waals surface area contributed by atoms with Crippen LogP contribution >= 0.6 is 0 Å². The Bertz CT molecular complexity index is 359. The largest absolute Gasteiger partial charge is 0.445 e. The van der Waals surface area contributed by atoms with Crippen LogP contribution in [0.25, 0.3) is 0 Å². The fourth-order valence-corrected chi connectivity index (χ4v) is 1.32. The Balaban J connectivity index is 2.88. The second-order valence-electron chi connectivity index (χ2n) is 3.40. The second kappa shape index (κ2) is 4.13. The second-order valence-corrected chi connectivity index (χ2v) is 3.40. The molecule has 1 aromatic rings. The van der Waals surface area contributed by atoms with Crippen LogP contribution in [0.15, 0.2) is 12.1 Å². The highest BCUT2D eigenvalue weighted by Crippen LogP contribution is 2.17. The van der Waals surface area contributed by atoms with E-state index in [0.717, 1.165) is 11.1 Å². The van der Waals surface area contributed by atoms with Gasteiger partial charge in [-0.15, -0.1) is 0 Å². The van der Waals surface area contributed by atoms with Gasteiger partial charge < -0.3 is 10.5 Å². The molecule has 0 bridgehead atoms. The van der Waals surface area contributed by atoms with Crippen LogP contribution in [0.4, 0.5) is 4.79 Å². The Hall–Kier alpha value is -1.51. The van der Waals surface area contributed by atoms with Gasteiger partial charge in [-0.25, -0.2) is 4.79 Å². The lowest BCUT2D eigenvalue weighted by molar-refractivity contribution is 0.150. The average molecular weight is 193 g/mol. The first-order valence-corrected chi connectivity index (χ1v) is 4.50. The van der Waals surface area contributed by atoms with E-state index in [0.29, 0.717) is 0 Å². The molecule has 76 valence electrons. The fraction of sp³-hybridized carbons (Fsp3) is 0.364. The molecule has 1 aromatic carbocycles. The van der Waals surface area contributed by atoms with Gasteiger partial charge in [-0.2, -0.15) is 0 Å². The first-order chi connectivity index (χ1) is 6.52. The van der Waals surface area contributed by atoms with E-state index in [4.69, 9.17) is 10.5 Å². The normalized spacial score (nSPS) is 9.93. The van der Waals surface area contributed by atoms with Crippen molar-refractivity contribution in [3.63, 3.8) is 0 Å². The molecule has 0 saturated heterocycles. The first-order valence-electron chi connectivity index (χ1n) is 4.50. The van der Waals surface area contributed by atoms with E-state index in [9.17, 15) is 4.79 Å². The highest BCUT2D eigenvalue weighted by Gasteiger charge is 2.04.